The summed E-state index contributed by atoms with van der Waals surface area (Å²) in [4.78, 5) is 0. The van der Waals surface area contributed by atoms with E-state index in [0.29, 0.717) is 10.9 Å². The molecule has 0 aliphatic carbocycles. The molecule has 0 radical (unpaired) electrons. The molecule has 0 fully saturated rings. The summed E-state index contributed by atoms with van der Waals surface area (Å²) in [5, 5.41) is 1.70. The molecule has 0 rings (SSSR count). The van der Waals surface area contributed by atoms with E-state index in [-0.39, 0.29) is 0 Å². The average molecular weight is 165 g/mol. The number of rotatable bonds is 3. The molecule has 0 aliphatic rings. The van der Waals surface area contributed by atoms with Crippen LogP contribution in [0.5, 0.6) is 0 Å². The predicted molar refractivity (Wildman–Crippen MR) is 51.7 cm³/mol. The molecule has 0 amide bonds. The summed E-state index contributed by atoms with van der Waals surface area (Å²) in [6, 6.07) is 0. The van der Waals surface area contributed by atoms with E-state index in [2.05, 4.69) is 32.6 Å². The van der Waals surface area contributed by atoms with Crippen molar-refractivity contribution in [2.45, 2.75) is 24.3 Å². The van der Waals surface area contributed by atoms with Crippen LogP contribution in [0.3, 0.4) is 0 Å². The third-order valence-corrected chi connectivity index (χ3v) is 5.00. The Morgan fingerprint density at radius 2 is 1.67 bits per heavy atom. The van der Waals surface area contributed by atoms with Crippen LogP contribution in [0.15, 0.2) is 0 Å². The molecule has 0 bridgehead atoms. The Labute approximate surface area is 66.1 Å². The van der Waals surface area contributed by atoms with E-state index in [0.717, 1.165) is 10.5 Å². The van der Waals surface area contributed by atoms with Crippen molar-refractivity contribution in [3.8, 4) is 0 Å². The van der Waals surface area contributed by atoms with Crippen molar-refractivity contribution in [3.63, 3.8) is 0 Å². The number of thioether (sulfide) groups is 1. The first-order chi connectivity index (χ1) is 4.09. The summed E-state index contributed by atoms with van der Waals surface area (Å²) in [5.74, 6) is 0. The Bertz CT molecular complexity index is 71.3. The van der Waals surface area contributed by atoms with Crippen molar-refractivity contribution < 1.29 is 0 Å². The fraction of sp³-hybridized carbons (Fsp3) is 1.00. The summed E-state index contributed by atoms with van der Waals surface area (Å²) in [6.07, 6.45) is 6.82. The fourth-order valence-electron chi connectivity index (χ4n) is 0.575. The van der Waals surface area contributed by atoms with Crippen LogP contribution in [-0.2, 0) is 10.9 Å². The van der Waals surface area contributed by atoms with Crippen LogP contribution >= 0.6 is 11.8 Å². The van der Waals surface area contributed by atoms with Gasteiger partial charge in [0, 0.05) is 5.25 Å². The Morgan fingerprint density at radius 1 is 1.22 bits per heavy atom. The molecule has 0 heterocycles. The standard InChI is InChI=1S/C7H17S2/c1-6(8-3)7(2)9(4)5/h6-7H,1-5H3/q+1. The van der Waals surface area contributed by atoms with Crippen molar-refractivity contribution in [2.75, 3.05) is 18.8 Å². The average Bonchev–Trinajstić information content (AvgIpc) is 1.84. The zero-order valence-electron chi connectivity index (χ0n) is 6.97. The Morgan fingerprint density at radius 3 is 1.78 bits per heavy atom. The van der Waals surface area contributed by atoms with Crippen LogP contribution in [0.2, 0.25) is 0 Å². The Hall–Kier alpha value is 0.700. The molecule has 56 valence electrons. The fourth-order valence-corrected chi connectivity index (χ4v) is 2.72. The Kier molecular flexibility index (Phi) is 4.86. The van der Waals surface area contributed by atoms with Gasteiger partial charge in [-0.15, -0.1) is 0 Å². The van der Waals surface area contributed by atoms with Crippen molar-refractivity contribution in [3.05, 3.63) is 0 Å². The lowest BCUT2D eigenvalue weighted by atomic mass is 10.4. The second kappa shape index (κ2) is 4.51. The van der Waals surface area contributed by atoms with Gasteiger partial charge in [-0.2, -0.15) is 11.8 Å². The van der Waals surface area contributed by atoms with Crippen LogP contribution in [0, 0.1) is 0 Å². The van der Waals surface area contributed by atoms with Crippen LogP contribution < -0.4 is 0 Å². The molecule has 9 heavy (non-hydrogen) atoms. The lowest BCUT2D eigenvalue weighted by Gasteiger charge is -2.13. The van der Waals surface area contributed by atoms with E-state index < -0.39 is 0 Å². The maximum absolute atomic E-state index is 2.34. The van der Waals surface area contributed by atoms with Crippen molar-refractivity contribution in [1.82, 2.24) is 0 Å². The minimum Gasteiger partial charge on any atom is -0.157 e. The monoisotopic (exact) mass is 165 g/mol. The van der Waals surface area contributed by atoms with Gasteiger partial charge in [0.05, 0.1) is 12.5 Å². The van der Waals surface area contributed by atoms with Gasteiger partial charge in [-0.1, -0.05) is 0 Å². The van der Waals surface area contributed by atoms with Crippen LogP contribution in [0.25, 0.3) is 0 Å². The van der Waals surface area contributed by atoms with E-state index in [9.17, 15) is 0 Å². The van der Waals surface area contributed by atoms with E-state index in [1.54, 1.807) is 0 Å². The molecule has 0 N–H and O–H groups in total. The normalized spacial score (nSPS) is 18.0. The lowest BCUT2D eigenvalue weighted by molar-refractivity contribution is 0.924. The highest BCUT2D eigenvalue weighted by Crippen LogP contribution is 2.15. The molecular weight excluding hydrogens is 148 g/mol. The summed E-state index contributed by atoms with van der Waals surface area (Å²) in [6.45, 7) is 4.65. The van der Waals surface area contributed by atoms with Crippen LogP contribution in [0.1, 0.15) is 13.8 Å². The van der Waals surface area contributed by atoms with Crippen molar-refractivity contribution >= 4 is 22.7 Å². The first-order valence-electron chi connectivity index (χ1n) is 3.18. The van der Waals surface area contributed by atoms with E-state index in [1.165, 1.54) is 0 Å². The quantitative estimate of drug-likeness (QED) is 0.576. The number of hydrogen-bond acceptors (Lipinski definition) is 1. The molecule has 0 saturated heterocycles. The highest BCUT2D eigenvalue weighted by molar-refractivity contribution is 8.01. The zero-order chi connectivity index (χ0) is 7.44. The third-order valence-electron chi connectivity index (χ3n) is 1.78. The number of hydrogen-bond donors (Lipinski definition) is 0. The molecular formula is C7H17S2+. The SMILES string of the molecule is CSC(C)C(C)[S+](C)C. The van der Waals surface area contributed by atoms with Gasteiger partial charge >= 0.3 is 0 Å². The summed E-state index contributed by atoms with van der Waals surface area (Å²) < 4.78 is 0. The minimum absolute atomic E-state index is 0.589. The minimum atomic E-state index is 0.589. The topological polar surface area (TPSA) is 0 Å². The largest absolute Gasteiger partial charge is 0.157 e. The maximum Gasteiger partial charge on any atom is 0.126 e. The van der Waals surface area contributed by atoms with Gasteiger partial charge in [-0.05, 0) is 31.0 Å². The predicted octanol–water partition coefficient (Wildman–Crippen LogP) is 2.00. The van der Waals surface area contributed by atoms with Gasteiger partial charge in [-0.25, -0.2) is 0 Å². The second-order valence-electron chi connectivity index (χ2n) is 2.53. The molecule has 2 atom stereocenters. The molecule has 2 unspecified atom stereocenters. The molecule has 0 aromatic carbocycles. The van der Waals surface area contributed by atoms with Gasteiger partial charge in [0.2, 0.25) is 0 Å². The Balaban J connectivity index is 3.58. The molecule has 0 aromatic heterocycles. The van der Waals surface area contributed by atoms with Gasteiger partial charge in [0.1, 0.15) is 5.25 Å². The smallest absolute Gasteiger partial charge is 0.126 e. The van der Waals surface area contributed by atoms with Gasteiger partial charge in [-0.3, -0.25) is 0 Å². The zero-order valence-corrected chi connectivity index (χ0v) is 8.60. The van der Waals surface area contributed by atoms with E-state index in [1.807, 2.05) is 11.8 Å². The van der Waals surface area contributed by atoms with Gasteiger partial charge < -0.3 is 0 Å². The molecule has 0 nitrogen and oxygen atoms in total. The summed E-state index contributed by atoms with van der Waals surface area (Å²) in [5.41, 5.74) is 0. The van der Waals surface area contributed by atoms with E-state index >= 15 is 0 Å². The third kappa shape index (κ3) is 3.41. The van der Waals surface area contributed by atoms with Crippen molar-refractivity contribution in [2.24, 2.45) is 0 Å². The molecule has 0 aromatic rings. The van der Waals surface area contributed by atoms with Gasteiger partial charge in [0.15, 0.2) is 0 Å². The van der Waals surface area contributed by atoms with E-state index in [4.69, 9.17) is 0 Å². The van der Waals surface area contributed by atoms with Crippen LogP contribution in [0.4, 0.5) is 0 Å². The van der Waals surface area contributed by atoms with Crippen molar-refractivity contribution in [1.29, 1.82) is 0 Å². The summed E-state index contributed by atoms with van der Waals surface area (Å²) in [7, 11) is 0.589. The lowest BCUT2D eigenvalue weighted by Crippen LogP contribution is -2.24. The molecule has 0 spiro atoms. The first kappa shape index (κ1) is 9.70. The second-order valence-corrected chi connectivity index (χ2v) is 6.24. The molecule has 0 aliphatic heterocycles. The van der Waals surface area contributed by atoms with Crippen LogP contribution in [-0.4, -0.2) is 29.3 Å². The highest BCUT2D eigenvalue weighted by atomic mass is 32.2. The highest BCUT2D eigenvalue weighted by Gasteiger charge is 2.21. The molecule has 0 saturated carbocycles. The maximum atomic E-state index is 2.34. The first-order valence-corrected chi connectivity index (χ1v) is 6.58. The summed E-state index contributed by atoms with van der Waals surface area (Å²) >= 11 is 1.97. The molecule has 2 heteroatoms. The van der Waals surface area contributed by atoms with Gasteiger partial charge in [0.25, 0.3) is 0 Å².